The summed E-state index contributed by atoms with van der Waals surface area (Å²) in [6, 6.07) is 5.73. The van der Waals surface area contributed by atoms with E-state index in [4.69, 9.17) is 5.73 Å². The molecule has 0 bridgehead atoms. The molecule has 0 saturated carbocycles. The van der Waals surface area contributed by atoms with Crippen LogP contribution in [0, 0.1) is 0 Å². The number of hydrogen-bond donors (Lipinski definition) is 3. The van der Waals surface area contributed by atoms with Crippen LogP contribution in [-0.4, -0.2) is 48.6 Å². The molecule has 0 aliphatic heterocycles. The monoisotopic (exact) mass is 691 g/mol. The van der Waals surface area contributed by atoms with E-state index in [2.05, 4.69) is 35.8 Å². The maximum Gasteiger partial charge on any atom is 1.00 e. The van der Waals surface area contributed by atoms with Crippen LogP contribution >= 0.6 is 0 Å². The minimum atomic E-state index is -1.69. The molecular formula is C26H19N10Na4O8-. The van der Waals surface area contributed by atoms with Gasteiger partial charge in [0, 0.05) is 16.8 Å². The van der Waals surface area contributed by atoms with Gasteiger partial charge < -0.3 is 66.6 Å². The fraction of sp³-hybridized carbons (Fsp3) is 0.154. The molecule has 2 heterocycles. The fourth-order valence-corrected chi connectivity index (χ4v) is 3.88. The number of carboxylic acids is 4. The number of rotatable bonds is 10. The molecule has 0 spiro atoms. The van der Waals surface area contributed by atoms with E-state index in [0.717, 1.165) is 41.1 Å². The third kappa shape index (κ3) is 10.8. The Morgan fingerprint density at radius 2 is 1.06 bits per heavy atom. The first-order chi connectivity index (χ1) is 20.6. The Morgan fingerprint density at radius 1 is 0.708 bits per heavy atom. The summed E-state index contributed by atoms with van der Waals surface area (Å²) in [5.74, 6) is -8.01. The van der Waals surface area contributed by atoms with Crippen LogP contribution in [0.3, 0.4) is 0 Å². The average molecular weight is 691 g/mol. The molecule has 4 rings (SSSR count). The molecule has 0 aliphatic rings. The predicted molar refractivity (Wildman–Crippen MR) is 142 cm³/mol. The molecular weight excluding hydrogens is 672 g/mol. The Bertz CT molecular complexity index is 1720. The topological polar surface area (TPSA) is 302 Å². The van der Waals surface area contributed by atoms with E-state index in [-0.39, 0.29) is 165 Å². The van der Waals surface area contributed by atoms with Gasteiger partial charge in [-0.3, -0.25) is 0 Å². The number of nitrogens with two attached hydrogens (primary N) is 1. The third-order valence-corrected chi connectivity index (χ3v) is 5.84. The average Bonchev–Trinajstić information content (AvgIpc) is 3.29. The Balaban J connectivity index is 0.00000552. The molecule has 4 aromatic rings. The summed E-state index contributed by atoms with van der Waals surface area (Å²) in [5, 5.41) is 58.7. The normalized spacial score (nSPS) is 10.1. The van der Waals surface area contributed by atoms with E-state index in [9.17, 15) is 45.1 Å². The van der Waals surface area contributed by atoms with Crippen molar-refractivity contribution in [2.24, 2.45) is 5.11 Å². The van der Waals surface area contributed by atoms with Crippen LogP contribution in [-0.2, 0) is 5.41 Å². The van der Waals surface area contributed by atoms with E-state index in [1.54, 1.807) is 20.8 Å². The van der Waals surface area contributed by atoms with Gasteiger partial charge in [-0.25, -0.2) is 0 Å². The number of nitrogens with one attached hydrogen (secondary N) is 2. The van der Waals surface area contributed by atoms with E-state index < -0.39 is 51.5 Å². The second-order valence-electron chi connectivity index (χ2n) is 10.1. The van der Waals surface area contributed by atoms with Gasteiger partial charge in [0.15, 0.2) is 5.82 Å². The maximum atomic E-state index is 11.5. The second kappa shape index (κ2) is 18.5. The summed E-state index contributed by atoms with van der Waals surface area (Å²) in [6.07, 6.45) is 0. The van der Waals surface area contributed by atoms with E-state index in [0.29, 0.717) is 0 Å². The number of carboxylic acid groups (broad SMARTS) is 4. The number of nitrogens with zero attached hydrogens (tertiary/aromatic N) is 7. The molecule has 0 atom stereocenters. The van der Waals surface area contributed by atoms with Crippen molar-refractivity contribution in [3.63, 3.8) is 0 Å². The van der Waals surface area contributed by atoms with Gasteiger partial charge in [0.05, 0.1) is 29.6 Å². The SMILES string of the molecule is CC(C)(C)c1nn(-c2nc(Nc3cc(C(=O)[O-])cc(C(=O)[O-])c3)nc(Nc3cc(C(=O)[O-])cc(C(=O)[O-])c3)n2)c(N)c1N=[N-].[Na+].[Na+].[Na+].[Na+]. The first kappa shape index (κ1) is 45.5. The quantitative estimate of drug-likeness (QED) is 0.103. The van der Waals surface area contributed by atoms with Crippen molar-refractivity contribution in [2.75, 3.05) is 16.4 Å². The summed E-state index contributed by atoms with van der Waals surface area (Å²) in [6.45, 7) is 5.29. The molecule has 0 unspecified atom stereocenters. The summed E-state index contributed by atoms with van der Waals surface area (Å²) in [4.78, 5) is 58.4. The third-order valence-electron chi connectivity index (χ3n) is 5.84. The van der Waals surface area contributed by atoms with Crippen LogP contribution in [0.4, 0.5) is 34.8 Å². The zero-order valence-electron chi connectivity index (χ0n) is 26.9. The van der Waals surface area contributed by atoms with Gasteiger partial charge in [0.1, 0.15) is 5.69 Å². The number of aromatic nitrogens is 5. The van der Waals surface area contributed by atoms with Crippen molar-refractivity contribution in [3.05, 3.63) is 69.9 Å². The molecule has 0 radical (unpaired) electrons. The number of carbonyl (C=O) groups is 4. The number of anilines is 5. The van der Waals surface area contributed by atoms with Crippen molar-refractivity contribution in [1.29, 1.82) is 0 Å². The van der Waals surface area contributed by atoms with Crippen LogP contribution in [0.15, 0.2) is 41.5 Å². The first-order valence-corrected chi connectivity index (χ1v) is 12.3. The van der Waals surface area contributed by atoms with Gasteiger partial charge in [-0.1, -0.05) is 20.8 Å². The molecule has 0 saturated heterocycles. The summed E-state index contributed by atoms with van der Waals surface area (Å²) in [5.41, 5.74) is 12.9. The van der Waals surface area contributed by atoms with Crippen molar-refractivity contribution in [2.45, 2.75) is 26.2 Å². The number of hydrogen-bond acceptors (Lipinski definition) is 16. The largest absolute Gasteiger partial charge is 1.00 e. The minimum Gasteiger partial charge on any atom is -0.706 e. The van der Waals surface area contributed by atoms with Crippen LogP contribution < -0.4 is 155 Å². The van der Waals surface area contributed by atoms with Crippen molar-refractivity contribution in [1.82, 2.24) is 24.7 Å². The van der Waals surface area contributed by atoms with Gasteiger partial charge in [-0.15, -0.1) is 0 Å². The molecule has 0 amide bonds. The second-order valence-corrected chi connectivity index (χ2v) is 10.1. The maximum absolute atomic E-state index is 11.5. The van der Waals surface area contributed by atoms with Gasteiger partial charge in [0.25, 0.3) is 5.95 Å². The van der Waals surface area contributed by atoms with Crippen molar-refractivity contribution in [3.8, 4) is 5.95 Å². The zero-order valence-corrected chi connectivity index (χ0v) is 34.9. The Kier molecular flexibility index (Phi) is 17.6. The number of nitrogen functional groups attached to an aromatic ring is 1. The number of aromatic carboxylic acids is 4. The van der Waals surface area contributed by atoms with E-state index in [1.165, 1.54) is 0 Å². The smallest absolute Gasteiger partial charge is 0.706 e. The summed E-state index contributed by atoms with van der Waals surface area (Å²) in [7, 11) is 0. The molecule has 0 aliphatic carbocycles. The fourth-order valence-electron chi connectivity index (χ4n) is 3.88. The molecule has 48 heavy (non-hydrogen) atoms. The van der Waals surface area contributed by atoms with E-state index in [1.807, 2.05) is 0 Å². The van der Waals surface area contributed by atoms with Gasteiger partial charge >= 0.3 is 118 Å². The predicted octanol–water partition coefficient (Wildman–Crippen LogP) is -13.5. The van der Waals surface area contributed by atoms with Crippen LogP contribution in [0.5, 0.6) is 0 Å². The standard InChI is InChI=1S/C26H23N10O8.4Na/c1-26(2,3)17-16(34-28)18(27)36(35-17)25-32-23(29-14-6-10(19(37)38)4-11(7-14)20(39)40)31-24(33-25)30-15-8-12(21(41)42)5-13(9-15)22(43)44;;;;/h4-9H,27H2,1-3H3,(H,37,38)(H,39,40)(H,41,42)(H,43,44)(H2,29,30,31,32,33);;;;/q-1;4*+1/p-4. The zero-order chi connectivity index (χ0) is 32.5. The summed E-state index contributed by atoms with van der Waals surface area (Å²) < 4.78 is 0.988. The van der Waals surface area contributed by atoms with Crippen LogP contribution in [0.1, 0.15) is 67.9 Å². The van der Waals surface area contributed by atoms with Crippen molar-refractivity contribution < 1.29 is 158 Å². The molecule has 2 aromatic carbocycles. The molecule has 22 heteroatoms. The van der Waals surface area contributed by atoms with Gasteiger partial charge in [-0.05, 0) is 58.7 Å². The first-order valence-electron chi connectivity index (χ1n) is 12.3. The summed E-state index contributed by atoms with van der Waals surface area (Å²) >= 11 is 0. The van der Waals surface area contributed by atoms with Crippen LogP contribution in [0.25, 0.3) is 11.5 Å². The minimum absolute atomic E-state index is 0. The molecule has 18 nitrogen and oxygen atoms in total. The van der Waals surface area contributed by atoms with Crippen molar-refractivity contribution >= 4 is 58.7 Å². The molecule has 2 aromatic heterocycles. The molecule has 4 N–H and O–H groups in total. The number of carbonyl (C=O) groups excluding carboxylic acids is 4. The Morgan fingerprint density at radius 3 is 1.33 bits per heavy atom. The Hall–Kier alpha value is -2.46. The van der Waals surface area contributed by atoms with Crippen LogP contribution in [0.2, 0.25) is 0 Å². The number of benzene rings is 2. The van der Waals surface area contributed by atoms with E-state index >= 15 is 0 Å². The Labute approximate surface area is 360 Å². The van der Waals surface area contributed by atoms with Gasteiger partial charge in [0.2, 0.25) is 11.9 Å². The molecule has 226 valence electrons. The molecule has 0 fully saturated rings. The van der Waals surface area contributed by atoms with Gasteiger partial charge in [-0.2, -0.15) is 24.7 Å².